The highest BCUT2D eigenvalue weighted by atomic mass is 16.5. The zero-order chi connectivity index (χ0) is 14.1. The summed E-state index contributed by atoms with van der Waals surface area (Å²) < 4.78 is 4.47. The van der Waals surface area contributed by atoms with Crippen molar-refractivity contribution in [3.05, 3.63) is 0 Å². The Morgan fingerprint density at radius 1 is 1.39 bits per heavy atom. The minimum absolute atomic E-state index is 0.226. The molecule has 18 heavy (non-hydrogen) atoms. The van der Waals surface area contributed by atoms with Crippen LogP contribution in [0.25, 0.3) is 0 Å². The van der Waals surface area contributed by atoms with E-state index in [0.717, 1.165) is 0 Å². The molecule has 7 heteroatoms. The third kappa shape index (κ3) is 6.07. The number of hydrogen-bond acceptors (Lipinski definition) is 4. The van der Waals surface area contributed by atoms with E-state index in [0.29, 0.717) is 19.4 Å². The summed E-state index contributed by atoms with van der Waals surface area (Å²) in [6.07, 6.45) is 1.02. The number of nitrogens with zero attached hydrogens (tertiary/aromatic N) is 1. The van der Waals surface area contributed by atoms with Gasteiger partial charge in [0.1, 0.15) is 6.04 Å². The molecule has 0 bridgehead atoms. The molecule has 1 atom stereocenters. The molecule has 0 unspecified atom stereocenters. The van der Waals surface area contributed by atoms with Crippen LogP contribution in [-0.2, 0) is 14.3 Å². The molecule has 0 aromatic carbocycles. The highest BCUT2D eigenvalue weighted by Gasteiger charge is 2.19. The van der Waals surface area contributed by atoms with E-state index in [1.807, 2.05) is 0 Å². The lowest BCUT2D eigenvalue weighted by Gasteiger charge is -2.20. The highest BCUT2D eigenvalue weighted by molar-refractivity contribution is 5.82. The third-order valence-electron chi connectivity index (χ3n) is 2.45. The maximum atomic E-state index is 11.6. The van der Waals surface area contributed by atoms with Gasteiger partial charge in [0, 0.05) is 20.0 Å². The Morgan fingerprint density at radius 3 is 2.44 bits per heavy atom. The van der Waals surface area contributed by atoms with Crippen LogP contribution in [-0.4, -0.2) is 54.7 Å². The fourth-order valence-corrected chi connectivity index (χ4v) is 1.26. The van der Waals surface area contributed by atoms with E-state index in [2.05, 4.69) is 10.1 Å². The van der Waals surface area contributed by atoms with E-state index in [1.54, 1.807) is 14.0 Å². The normalized spacial score (nSPS) is 11.5. The zero-order valence-corrected chi connectivity index (χ0v) is 10.9. The molecule has 0 radical (unpaired) electrons. The van der Waals surface area contributed by atoms with Crippen LogP contribution in [0.15, 0.2) is 0 Å². The van der Waals surface area contributed by atoms with Gasteiger partial charge in [-0.1, -0.05) is 6.92 Å². The average Bonchev–Trinajstić information content (AvgIpc) is 2.34. The number of carboxylic acids is 1. The largest absolute Gasteiger partial charge is 0.480 e. The molecule has 0 rings (SSSR count). The molecule has 0 saturated carbocycles. The van der Waals surface area contributed by atoms with E-state index in [9.17, 15) is 14.4 Å². The minimum atomic E-state index is -1.06. The number of carbonyl (C=O) groups excluding carboxylic acids is 2. The van der Waals surface area contributed by atoms with Crippen molar-refractivity contribution in [3.63, 3.8) is 0 Å². The Hall–Kier alpha value is -1.79. The van der Waals surface area contributed by atoms with Crippen molar-refractivity contribution >= 4 is 18.0 Å². The quantitative estimate of drug-likeness (QED) is 0.648. The van der Waals surface area contributed by atoms with Gasteiger partial charge in [0.05, 0.1) is 7.11 Å². The Labute approximate surface area is 106 Å². The molecule has 0 aliphatic carbocycles. The van der Waals surface area contributed by atoms with E-state index < -0.39 is 18.0 Å². The minimum Gasteiger partial charge on any atom is -0.480 e. The molecule has 2 amide bonds. The summed E-state index contributed by atoms with van der Waals surface area (Å²) in [5.74, 6) is -1.39. The molecule has 0 aliphatic heterocycles. The van der Waals surface area contributed by atoms with Crippen molar-refractivity contribution in [1.82, 2.24) is 10.2 Å². The Balaban J connectivity index is 4.02. The highest BCUT2D eigenvalue weighted by Crippen LogP contribution is 1.97. The number of esters is 1. The maximum absolute atomic E-state index is 11.6. The van der Waals surface area contributed by atoms with Crippen LogP contribution in [0.1, 0.15) is 26.2 Å². The first kappa shape index (κ1) is 16.2. The Bertz CT molecular complexity index is 306. The summed E-state index contributed by atoms with van der Waals surface area (Å²) in [5, 5.41) is 11.2. The summed E-state index contributed by atoms with van der Waals surface area (Å²) in [7, 11) is 2.85. The van der Waals surface area contributed by atoms with Crippen molar-refractivity contribution in [1.29, 1.82) is 0 Å². The first-order valence-electron chi connectivity index (χ1n) is 5.73. The molecule has 0 aromatic heterocycles. The molecule has 104 valence electrons. The van der Waals surface area contributed by atoms with Crippen LogP contribution >= 0.6 is 0 Å². The summed E-state index contributed by atoms with van der Waals surface area (Å²) in [6, 6.07) is -1.35. The first-order chi connectivity index (χ1) is 8.42. The van der Waals surface area contributed by atoms with Crippen molar-refractivity contribution in [2.75, 3.05) is 20.7 Å². The molecule has 0 aromatic rings. The van der Waals surface area contributed by atoms with Gasteiger partial charge in [0.15, 0.2) is 0 Å². The first-order valence-corrected chi connectivity index (χ1v) is 5.73. The van der Waals surface area contributed by atoms with Gasteiger partial charge in [0.2, 0.25) is 0 Å². The van der Waals surface area contributed by atoms with Crippen molar-refractivity contribution in [2.45, 2.75) is 32.2 Å². The van der Waals surface area contributed by atoms with Crippen LogP contribution in [0, 0.1) is 0 Å². The summed E-state index contributed by atoms with van der Waals surface area (Å²) >= 11 is 0. The predicted octanol–water partition coefficient (Wildman–Crippen LogP) is 0.444. The number of methoxy groups -OCH3 is 1. The van der Waals surface area contributed by atoms with Gasteiger partial charge in [-0.25, -0.2) is 9.59 Å². The molecule has 2 N–H and O–H groups in total. The van der Waals surface area contributed by atoms with Crippen molar-refractivity contribution < 1.29 is 24.2 Å². The molecule has 0 spiro atoms. The number of urea groups is 1. The van der Waals surface area contributed by atoms with Gasteiger partial charge in [0.25, 0.3) is 0 Å². The van der Waals surface area contributed by atoms with Crippen molar-refractivity contribution in [3.8, 4) is 0 Å². The lowest BCUT2D eigenvalue weighted by atomic mass is 10.2. The van der Waals surface area contributed by atoms with Gasteiger partial charge >= 0.3 is 18.0 Å². The molecule has 7 nitrogen and oxygen atoms in total. The predicted molar refractivity (Wildman–Crippen MR) is 64.1 cm³/mol. The Kier molecular flexibility index (Phi) is 7.50. The van der Waals surface area contributed by atoms with Crippen molar-refractivity contribution in [2.24, 2.45) is 0 Å². The number of hydrogen-bond donors (Lipinski definition) is 2. The molecule has 0 aliphatic rings. The van der Waals surface area contributed by atoms with E-state index in [-0.39, 0.29) is 12.4 Å². The SMILES string of the molecule is CC[C@H](NC(=O)N(C)CCCC(=O)OC)C(=O)O. The molecule has 0 saturated heterocycles. The number of carbonyl (C=O) groups is 3. The summed E-state index contributed by atoms with van der Waals surface area (Å²) in [4.78, 5) is 34.5. The fourth-order valence-electron chi connectivity index (χ4n) is 1.26. The second-order valence-electron chi connectivity index (χ2n) is 3.85. The lowest BCUT2D eigenvalue weighted by molar-refractivity contribution is -0.141. The topological polar surface area (TPSA) is 95.9 Å². The number of ether oxygens (including phenoxy) is 1. The number of rotatable bonds is 7. The second-order valence-corrected chi connectivity index (χ2v) is 3.85. The third-order valence-corrected chi connectivity index (χ3v) is 2.45. The smallest absolute Gasteiger partial charge is 0.326 e. The molecular weight excluding hydrogens is 240 g/mol. The number of nitrogens with one attached hydrogen (secondary N) is 1. The average molecular weight is 260 g/mol. The van der Waals surface area contributed by atoms with E-state index >= 15 is 0 Å². The van der Waals surface area contributed by atoms with Crippen LogP contribution < -0.4 is 5.32 Å². The van der Waals surface area contributed by atoms with E-state index in [4.69, 9.17) is 5.11 Å². The number of amides is 2. The summed E-state index contributed by atoms with van der Waals surface area (Å²) in [6.45, 7) is 2.04. The van der Waals surface area contributed by atoms with Gasteiger partial charge < -0.3 is 20.1 Å². The van der Waals surface area contributed by atoms with Gasteiger partial charge in [-0.2, -0.15) is 0 Å². The van der Waals surface area contributed by atoms with Crippen LogP contribution in [0.5, 0.6) is 0 Å². The summed E-state index contributed by atoms with van der Waals surface area (Å²) in [5.41, 5.74) is 0. The Morgan fingerprint density at radius 2 is 2.00 bits per heavy atom. The van der Waals surface area contributed by atoms with Gasteiger partial charge in [-0.3, -0.25) is 4.79 Å². The van der Waals surface area contributed by atoms with E-state index in [1.165, 1.54) is 12.0 Å². The maximum Gasteiger partial charge on any atom is 0.326 e. The van der Waals surface area contributed by atoms with Crippen LogP contribution in [0.2, 0.25) is 0 Å². The fraction of sp³-hybridized carbons (Fsp3) is 0.727. The van der Waals surface area contributed by atoms with Crippen LogP contribution in [0.3, 0.4) is 0 Å². The van der Waals surface area contributed by atoms with Gasteiger partial charge in [-0.15, -0.1) is 0 Å². The molecule has 0 fully saturated rings. The molecular formula is C11H20N2O5. The number of aliphatic carboxylic acids is 1. The monoisotopic (exact) mass is 260 g/mol. The molecule has 0 heterocycles. The number of carboxylic acid groups (broad SMARTS) is 1. The van der Waals surface area contributed by atoms with Gasteiger partial charge in [-0.05, 0) is 12.8 Å². The standard InChI is InChI=1S/C11H20N2O5/c1-4-8(10(15)16)12-11(17)13(2)7-5-6-9(14)18-3/h8H,4-7H2,1-3H3,(H,12,17)(H,15,16)/t8-/m0/s1. The second kappa shape index (κ2) is 8.32. The lowest BCUT2D eigenvalue weighted by Crippen LogP contribution is -2.46. The van der Waals surface area contributed by atoms with Crippen LogP contribution in [0.4, 0.5) is 4.79 Å². The zero-order valence-electron chi connectivity index (χ0n) is 10.9.